The number of sulfonamides is 1. The number of piperidine rings is 1. The van der Waals surface area contributed by atoms with Gasteiger partial charge in [-0.25, -0.2) is 13.4 Å². The lowest BCUT2D eigenvalue weighted by Crippen LogP contribution is -2.44. The first kappa shape index (κ1) is 15.3. The summed E-state index contributed by atoms with van der Waals surface area (Å²) >= 11 is 0. The molecular weight excluding hydrogens is 276 g/mol. The maximum Gasteiger partial charge on any atom is 0.262 e. The third-order valence-corrected chi connectivity index (χ3v) is 4.79. The van der Waals surface area contributed by atoms with Crippen molar-refractivity contribution in [3.63, 3.8) is 0 Å². The normalized spacial score (nSPS) is 18.3. The van der Waals surface area contributed by atoms with Crippen LogP contribution in [0.4, 0.5) is 0 Å². The maximum absolute atomic E-state index is 12.2. The van der Waals surface area contributed by atoms with Gasteiger partial charge < -0.3 is 5.32 Å². The highest BCUT2D eigenvalue weighted by Crippen LogP contribution is 2.18. The predicted octanol–water partition coefficient (Wildman–Crippen LogP) is 0.271. The Morgan fingerprint density at radius 1 is 1.33 bits per heavy atom. The highest BCUT2D eigenvalue weighted by Gasteiger charge is 2.29. The molecule has 0 spiro atoms. The fourth-order valence-corrected chi connectivity index (χ4v) is 3.28. The van der Waals surface area contributed by atoms with Crippen LogP contribution in [0.15, 0.2) is 23.6 Å². The first-order chi connectivity index (χ1) is 8.14. The molecule has 6 nitrogen and oxygen atoms in total. The zero-order valence-electron chi connectivity index (χ0n) is 10.1. The molecule has 1 N–H and O–H groups in total. The molecule has 0 saturated carbocycles. The Morgan fingerprint density at radius 3 is 2.50 bits per heavy atom. The summed E-state index contributed by atoms with van der Waals surface area (Å²) in [6.07, 6.45) is 5.81. The minimum atomic E-state index is -3.46. The number of nitrogens with zero attached hydrogens (tertiary/aromatic N) is 3. The molecule has 2 rings (SSSR count). The van der Waals surface area contributed by atoms with Gasteiger partial charge in [-0.2, -0.15) is 4.31 Å². The van der Waals surface area contributed by atoms with Gasteiger partial charge in [-0.3, -0.25) is 4.98 Å². The zero-order valence-corrected chi connectivity index (χ0v) is 11.7. The molecule has 1 aliphatic heterocycles. The average molecular weight is 293 g/mol. The second-order valence-electron chi connectivity index (χ2n) is 4.01. The molecule has 0 atom stereocenters. The smallest absolute Gasteiger partial charge is 0.262 e. The highest BCUT2D eigenvalue weighted by atomic mass is 35.5. The third kappa shape index (κ3) is 3.17. The van der Waals surface area contributed by atoms with Gasteiger partial charge in [0.15, 0.2) is 5.03 Å². The zero-order chi connectivity index (χ0) is 12.3. The monoisotopic (exact) mass is 292 g/mol. The Morgan fingerprint density at radius 2 is 2.00 bits per heavy atom. The first-order valence-electron chi connectivity index (χ1n) is 5.58. The summed E-state index contributed by atoms with van der Waals surface area (Å²) in [5.41, 5.74) is 0. The van der Waals surface area contributed by atoms with Crippen molar-refractivity contribution < 1.29 is 8.42 Å². The second-order valence-corrected chi connectivity index (χ2v) is 5.90. The van der Waals surface area contributed by atoms with E-state index in [0.29, 0.717) is 19.1 Å². The van der Waals surface area contributed by atoms with Crippen LogP contribution in [-0.2, 0) is 10.0 Å². The molecule has 1 aromatic rings. The molecule has 1 saturated heterocycles. The molecule has 8 heteroatoms. The Hall–Kier alpha value is -0.760. The maximum atomic E-state index is 12.2. The van der Waals surface area contributed by atoms with E-state index in [-0.39, 0.29) is 17.4 Å². The van der Waals surface area contributed by atoms with Crippen LogP contribution >= 0.6 is 12.4 Å². The van der Waals surface area contributed by atoms with E-state index in [9.17, 15) is 8.42 Å². The topological polar surface area (TPSA) is 75.2 Å². The van der Waals surface area contributed by atoms with Gasteiger partial charge in [-0.05, 0) is 19.9 Å². The fourth-order valence-electron chi connectivity index (χ4n) is 1.94. The largest absolute Gasteiger partial charge is 0.317 e. The van der Waals surface area contributed by atoms with Crippen molar-refractivity contribution >= 4 is 22.4 Å². The Kier molecular flexibility index (Phi) is 5.46. The Balaban J connectivity index is 0.00000162. The van der Waals surface area contributed by atoms with E-state index in [4.69, 9.17) is 0 Å². The van der Waals surface area contributed by atoms with Gasteiger partial charge in [-0.15, -0.1) is 12.4 Å². The van der Waals surface area contributed by atoms with Crippen molar-refractivity contribution in [2.24, 2.45) is 0 Å². The molecule has 1 aromatic heterocycles. The SMILES string of the molecule is CNC1CCN(S(=O)(=O)c2cnccn2)CC1.Cl. The van der Waals surface area contributed by atoms with E-state index >= 15 is 0 Å². The van der Waals surface area contributed by atoms with Gasteiger partial charge in [0.1, 0.15) is 0 Å². The lowest BCUT2D eigenvalue weighted by molar-refractivity contribution is 0.297. The fraction of sp³-hybridized carbons (Fsp3) is 0.600. The molecule has 1 fully saturated rings. The summed E-state index contributed by atoms with van der Waals surface area (Å²) in [6.45, 7) is 1.06. The minimum absolute atomic E-state index is 0. The van der Waals surface area contributed by atoms with E-state index in [1.165, 1.54) is 22.9 Å². The van der Waals surface area contributed by atoms with Gasteiger partial charge in [0.2, 0.25) is 0 Å². The number of hydrogen-bond acceptors (Lipinski definition) is 5. The number of halogens is 1. The summed E-state index contributed by atoms with van der Waals surface area (Å²) in [5.74, 6) is 0. The van der Waals surface area contributed by atoms with Crippen molar-refractivity contribution in [2.75, 3.05) is 20.1 Å². The molecule has 0 amide bonds. The number of aromatic nitrogens is 2. The van der Waals surface area contributed by atoms with E-state index in [1.807, 2.05) is 7.05 Å². The number of hydrogen-bond donors (Lipinski definition) is 1. The molecule has 0 radical (unpaired) electrons. The number of nitrogens with one attached hydrogen (secondary N) is 1. The van der Waals surface area contributed by atoms with E-state index < -0.39 is 10.0 Å². The standard InChI is InChI=1S/C10H16N4O2S.ClH/c1-11-9-2-6-14(7-3-9)17(15,16)10-8-12-4-5-13-10;/h4-5,8-9,11H,2-3,6-7H2,1H3;1H. The lowest BCUT2D eigenvalue weighted by atomic mass is 10.1. The minimum Gasteiger partial charge on any atom is -0.317 e. The van der Waals surface area contributed by atoms with Crippen LogP contribution in [0, 0.1) is 0 Å². The van der Waals surface area contributed by atoms with Crippen molar-refractivity contribution in [3.05, 3.63) is 18.6 Å². The lowest BCUT2D eigenvalue weighted by Gasteiger charge is -2.30. The molecule has 102 valence electrons. The van der Waals surface area contributed by atoms with Gasteiger partial charge >= 0.3 is 0 Å². The summed E-state index contributed by atoms with van der Waals surface area (Å²) in [6, 6.07) is 0.406. The summed E-state index contributed by atoms with van der Waals surface area (Å²) in [7, 11) is -1.56. The quantitative estimate of drug-likeness (QED) is 0.865. The van der Waals surface area contributed by atoms with Crippen LogP contribution in [0.3, 0.4) is 0 Å². The van der Waals surface area contributed by atoms with Gasteiger partial charge in [-0.1, -0.05) is 0 Å². The Bertz CT molecular complexity index is 460. The Labute approximate surface area is 113 Å². The number of rotatable bonds is 3. The van der Waals surface area contributed by atoms with Crippen LogP contribution in [0.1, 0.15) is 12.8 Å². The predicted molar refractivity (Wildman–Crippen MR) is 70.1 cm³/mol. The average Bonchev–Trinajstić information content (AvgIpc) is 2.40. The van der Waals surface area contributed by atoms with Crippen LogP contribution in [0.5, 0.6) is 0 Å². The second kappa shape index (κ2) is 6.42. The summed E-state index contributed by atoms with van der Waals surface area (Å²) in [5, 5.41) is 3.20. The highest BCUT2D eigenvalue weighted by molar-refractivity contribution is 7.89. The third-order valence-electron chi connectivity index (χ3n) is 3.01. The van der Waals surface area contributed by atoms with E-state index in [1.54, 1.807) is 0 Å². The van der Waals surface area contributed by atoms with Crippen LogP contribution < -0.4 is 5.32 Å². The van der Waals surface area contributed by atoms with Crippen LogP contribution in [0.2, 0.25) is 0 Å². The van der Waals surface area contributed by atoms with Crippen LogP contribution in [-0.4, -0.2) is 48.9 Å². The molecule has 0 unspecified atom stereocenters. The van der Waals surface area contributed by atoms with E-state index in [2.05, 4.69) is 15.3 Å². The van der Waals surface area contributed by atoms with Crippen molar-refractivity contribution in [1.82, 2.24) is 19.6 Å². The molecule has 0 aromatic carbocycles. The summed E-state index contributed by atoms with van der Waals surface area (Å²) in [4.78, 5) is 7.65. The van der Waals surface area contributed by atoms with Crippen LogP contribution in [0.25, 0.3) is 0 Å². The molecule has 0 aliphatic carbocycles. The van der Waals surface area contributed by atoms with Crippen molar-refractivity contribution in [3.8, 4) is 0 Å². The molecule has 18 heavy (non-hydrogen) atoms. The molecule has 0 bridgehead atoms. The van der Waals surface area contributed by atoms with Gasteiger partial charge in [0, 0.05) is 31.5 Å². The van der Waals surface area contributed by atoms with Crippen molar-refractivity contribution in [1.29, 1.82) is 0 Å². The summed E-state index contributed by atoms with van der Waals surface area (Å²) < 4.78 is 25.8. The molecule has 2 heterocycles. The van der Waals surface area contributed by atoms with E-state index in [0.717, 1.165) is 12.8 Å². The molecular formula is C10H17ClN4O2S. The first-order valence-corrected chi connectivity index (χ1v) is 7.02. The van der Waals surface area contributed by atoms with Gasteiger partial charge in [0.25, 0.3) is 10.0 Å². The van der Waals surface area contributed by atoms with Crippen molar-refractivity contribution in [2.45, 2.75) is 23.9 Å². The molecule has 1 aliphatic rings. The van der Waals surface area contributed by atoms with Gasteiger partial charge in [0.05, 0.1) is 6.20 Å².